The standard InChI is InChI=1S/C27H28N8O2/c1-26(2,3)37-25(36)34-27(4,5)20-8-6-18(7-9-20)23-19(14-28)15-30-24(33-23)32-21-10-12-22(13-11-21)35-17-29-16-31-35/h6-13,15-17H,1-5H3,(H,34,36)(H,30,32,33). The Morgan fingerprint density at radius 3 is 2.32 bits per heavy atom. The third-order valence-electron chi connectivity index (χ3n) is 5.41. The van der Waals surface area contributed by atoms with Crippen molar-refractivity contribution in [2.45, 2.75) is 45.8 Å². The summed E-state index contributed by atoms with van der Waals surface area (Å²) >= 11 is 0. The molecule has 4 rings (SSSR count). The minimum Gasteiger partial charge on any atom is -0.444 e. The van der Waals surface area contributed by atoms with Gasteiger partial charge in [0.2, 0.25) is 5.95 Å². The van der Waals surface area contributed by atoms with Crippen LogP contribution < -0.4 is 10.6 Å². The lowest BCUT2D eigenvalue weighted by atomic mass is 9.93. The molecule has 0 aliphatic heterocycles. The van der Waals surface area contributed by atoms with E-state index < -0.39 is 17.2 Å². The van der Waals surface area contributed by atoms with E-state index in [1.165, 1.54) is 12.5 Å². The van der Waals surface area contributed by atoms with Crippen molar-refractivity contribution in [3.8, 4) is 23.0 Å². The number of amides is 1. The summed E-state index contributed by atoms with van der Waals surface area (Å²) in [6, 6.07) is 17.2. The number of hydrogen-bond donors (Lipinski definition) is 2. The molecular formula is C27H28N8O2. The van der Waals surface area contributed by atoms with E-state index in [0.717, 1.165) is 22.5 Å². The Morgan fingerprint density at radius 1 is 1.03 bits per heavy atom. The van der Waals surface area contributed by atoms with Crippen molar-refractivity contribution < 1.29 is 9.53 Å². The highest BCUT2D eigenvalue weighted by atomic mass is 16.6. The van der Waals surface area contributed by atoms with Gasteiger partial charge in [-0.05, 0) is 64.4 Å². The molecule has 2 aromatic carbocycles. The number of rotatable bonds is 6. The maximum atomic E-state index is 12.3. The molecule has 10 heteroatoms. The molecule has 0 fully saturated rings. The van der Waals surface area contributed by atoms with Crippen molar-refractivity contribution in [3.63, 3.8) is 0 Å². The molecule has 2 heterocycles. The van der Waals surface area contributed by atoms with Crippen LogP contribution >= 0.6 is 0 Å². The first kappa shape index (κ1) is 25.3. The van der Waals surface area contributed by atoms with Crippen molar-refractivity contribution >= 4 is 17.7 Å². The lowest BCUT2D eigenvalue weighted by molar-refractivity contribution is 0.0470. The number of carbonyl (C=O) groups excluding carboxylic acids is 1. The fourth-order valence-corrected chi connectivity index (χ4v) is 3.59. The van der Waals surface area contributed by atoms with E-state index in [4.69, 9.17) is 4.74 Å². The van der Waals surface area contributed by atoms with Crippen LogP contribution in [-0.4, -0.2) is 36.4 Å². The van der Waals surface area contributed by atoms with Gasteiger partial charge in [-0.15, -0.1) is 0 Å². The van der Waals surface area contributed by atoms with E-state index in [9.17, 15) is 10.1 Å². The van der Waals surface area contributed by atoms with Gasteiger partial charge in [-0.2, -0.15) is 10.4 Å². The third-order valence-corrected chi connectivity index (χ3v) is 5.41. The summed E-state index contributed by atoms with van der Waals surface area (Å²) in [5.74, 6) is 0.360. The molecule has 0 bridgehead atoms. The second kappa shape index (κ2) is 10.1. The van der Waals surface area contributed by atoms with Gasteiger partial charge in [0.15, 0.2) is 0 Å². The Kier molecular flexibility index (Phi) is 6.89. The number of ether oxygens (including phenoxy) is 1. The molecule has 4 aromatic rings. The van der Waals surface area contributed by atoms with Crippen molar-refractivity contribution in [2.24, 2.45) is 0 Å². The predicted octanol–water partition coefficient (Wildman–Crippen LogP) is 5.10. The minimum absolute atomic E-state index is 0.353. The van der Waals surface area contributed by atoms with E-state index in [2.05, 4.69) is 36.8 Å². The molecule has 1 amide bonds. The molecule has 0 radical (unpaired) electrons. The molecule has 0 unspecified atom stereocenters. The average molecular weight is 497 g/mol. The minimum atomic E-state index is -0.671. The predicted molar refractivity (Wildman–Crippen MR) is 139 cm³/mol. The number of aromatic nitrogens is 5. The largest absolute Gasteiger partial charge is 0.444 e. The highest BCUT2D eigenvalue weighted by molar-refractivity contribution is 5.70. The lowest BCUT2D eigenvalue weighted by Crippen LogP contribution is -2.43. The highest BCUT2D eigenvalue weighted by Crippen LogP contribution is 2.27. The summed E-state index contributed by atoms with van der Waals surface area (Å²) in [6.45, 7) is 9.25. The molecule has 188 valence electrons. The molecule has 0 spiro atoms. The summed E-state index contributed by atoms with van der Waals surface area (Å²) in [5, 5.41) is 19.8. The molecule has 0 aliphatic carbocycles. The number of benzene rings is 2. The van der Waals surface area contributed by atoms with Gasteiger partial charge in [0.1, 0.15) is 24.3 Å². The molecule has 37 heavy (non-hydrogen) atoms. The fourth-order valence-electron chi connectivity index (χ4n) is 3.59. The topological polar surface area (TPSA) is 131 Å². The third kappa shape index (κ3) is 6.27. The van der Waals surface area contributed by atoms with Crippen LogP contribution in [0.2, 0.25) is 0 Å². The number of nitriles is 1. The summed E-state index contributed by atoms with van der Waals surface area (Å²) in [4.78, 5) is 25.1. The Bertz CT molecular complexity index is 1420. The van der Waals surface area contributed by atoms with Crippen LogP contribution in [0.3, 0.4) is 0 Å². The number of carbonyl (C=O) groups is 1. The Hall–Kier alpha value is -4.78. The van der Waals surface area contributed by atoms with E-state index in [0.29, 0.717) is 17.2 Å². The Morgan fingerprint density at radius 2 is 1.73 bits per heavy atom. The van der Waals surface area contributed by atoms with Crippen LogP contribution in [0.4, 0.5) is 16.4 Å². The van der Waals surface area contributed by atoms with Gasteiger partial charge in [0.25, 0.3) is 0 Å². The lowest BCUT2D eigenvalue weighted by Gasteiger charge is -2.29. The van der Waals surface area contributed by atoms with Gasteiger partial charge >= 0.3 is 6.09 Å². The quantitative estimate of drug-likeness (QED) is 0.377. The van der Waals surface area contributed by atoms with Gasteiger partial charge in [0, 0.05) is 11.3 Å². The summed E-state index contributed by atoms with van der Waals surface area (Å²) in [5.41, 5.74) is 2.87. The molecule has 0 saturated carbocycles. The van der Waals surface area contributed by atoms with E-state index >= 15 is 0 Å². The number of nitrogens with zero attached hydrogens (tertiary/aromatic N) is 6. The van der Waals surface area contributed by atoms with Crippen molar-refractivity contribution in [1.29, 1.82) is 5.26 Å². The monoisotopic (exact) mass is 496 g/mol. The summed E-state index contributed by atoms with van der Waals surface area (Å²) in [6.07, 6.45) is 4.10. The van der Waals surface area contributed by atoms with Gasteiger partial charge < -0.3 is 15.4 Å². The zero-order valence-electron chi connectivity index (χ0n) is 21.4. The molecular weight excluding hydrogens is 468 g/mol. The molecule has 2 N–H and O–H groups in total. The number of hydrogen-bond acceptors (Lipinski definition) is 8. The summed E-state index contributed by atoms with van der Waals surface area (Å²) < 4.78 is 7.05. The maximum Gasteiger partial charge on any atom is 0.408 e. The van der Waals surface area contributed by atoms with Gasteiger partial charge in [0.05, 0.1) is 28.7 Å². The van der Waals surface area contributed by atoms with Crippen LogP contribution in [-0.2, 0) is 10.3 Å². The zero-order valence-corrected chi connectivity index (χ0v) is 21.4. The van der Waals surface area contributed by atoms with Crippen LogP contribution in [0.1, 0.15) is 45.7 Å². The smallest absolute Gasteiger partial charge is 0.408 e. The van der Waals surface area contributed by atoms with Gasteiger partial charge in [-0.25, -0.2) is 24.4 Å². The second-order valence-corrected chi connectivity index (χ2v) is 9.91. The first-order chi connectivity index (χ1) is 17.5. The zero-order chi connectivity index (χ0) is 26.6. The maximum absolute atomic E-state index is 12.3. The van der Waals surface area contributed by atoms with Gasteiger partial charge in [-0.1, -0.05) is 24.3 Å². The fraction of sp³-hybridized carbons (Fsp3) is 0.259. The number of anilines is 2. The Balaban J connectivity index is 1.53. The second-order valence-electron chi connectivity index (χ2n) is 9.91. The van der Waals surface area contributed by atoms with Crippen molar-refractivity contribution in [3.05, 3.63) is 78.5 Å². The number of alkyl carbamates (subject to hydrolysis) is 1. The highest BCUT2D eigenvalue weighted by Gasteiger charge is 2.26. The first-order valence-corrected chi connectivity index (χ1v) is 11.7. The number of nitrogens with one attached hydrogen (secondary N) is 2. The van der Waals surface area contributed by atoms with E-state index in [-0.39, 0.29) is 0 Å². The molecule has 2 aromatic heterocycles. The first-order valence-electron chi connectivity index (χ1n) is 11.7. The van der Waals surface area contributed by atoms with Crippen LogP contribution in [0, 0.1) is 11.3 Å². The van der Waals surface area contributed by atoms with Crippen LogP contribution in [0.15, 0.2) is 67.4 Å². The molecule has 10 nitrogen and oxygen atoms in total. The molecule has 0 saturated heterocycles. The van der Waals surface area contributed by atoms with E-state index in [1.54, 1.807) is 11.0 Å². The molecule has 0 atom stereocenters. The van der Waals surface area contributed by atoms with Crippen molar-refractivity contribution in [2.75, 3.05) is 5.32 Å². The summed E-state index contributed by atoms with van der Waals surface area (Å²) in [7, 11) is 0. The van der Waals surface area contributed by atoms with E-state index in [1.807, 2.05) is 83.1 Å². The average Bonchev–Trinajstić information content (AvgIpc) is 3.38. The van der Waals surface area contributed by atoms with Gasteiger partial charge in [-0.3, -0.25) is 0 Å². The van der Waals surface area contributed by atoms with Crippen LogP contribution in [0.25, 0.3) is 16.9 Å². The Labute approximate surface area is 215 Å². The van der Waals surface area contributed by atoms with Crippen molar-refractivity contribution in [1.82, 2.24) is 30.0 Å². The molecule has 0 aliphatic rings. The SMILES string of the molecule is CC(C)(C)OC(=O)NC(C)(C)c1ccc(-c2nc(Nc3ccc(-n4cncn4)cc3)ncc2C#N)cc1. The normalized spacial score (nSPS) is 11.5. The van der Waals surface area contributed by atoms with Crippen LogP contribution in [0.5, 0.6) is 0 Å².